The third-order valence-corrected chi connectivity index (χ3v) is 5.85. The molecule has 1 saturated heterocycles. The SMILES string of the molecule is C[S+]([O-])C(C[C@@](N)(CCCC(=O)NSN1CCC1=O)C(=O)O)C(=O)O. The zero-order valence-corrected chi connectivity index (χ0v) is 15.2. The molecule has 0 aliphatic carbocycles. The highest BCUT2D eigenvalue weighted by Gasteiger charge is 2.42. The standard InChI is InChI=1S/C13H21N3O7S2/c1-25(23)8(11(19)20)7-13(14,12(21)22)5-2-3-9(17)15-24-16-6-4-10(16)18/h8H,2-7,14H2,1H3,(H,15,17)(H,19,20)(H,21,22)/t8?,13-,25?/m0/s1. The van der Waals surface area contributed by atoms with E-state index in [0.29, 0.717) is 13.0 Å². The first-order chi connectivity index (χ1) is 11.6. The second kappa shape index (κ2) is 9.27. The van der Waals surface area contributed by atoms with Crippen LogP contribution in [0.3, 0.4) is 0 Å². The van der Waals surface area contributed by atoms with Gasteiger partial charge in [-0.3, -0.25) is 23.4 Å². The van der Waals surface area contributed by atoms with Crippen LogP contribution in [0.4, 0.5) is 0 Å². The maximum absolute atomic E-state index is 11.7. The summed E-state index contributed by atoms with van der Waals surface area (Å²) in [7, 11) is 0. The first-order valence-electron chi connectivity index (χ1n) is 7.40. The number of carbonyl (C=O) groups is 4. The summed E-state index contributed by atoms with van der Waals surface area (Å²) in [6, 6.07) is 0. The van der Waals surface area contributed by atoms with Crippen LogP contribution in [0.15, 0.2) is 0 Å². The number of aliphatic carboxylic acids is 2. The maximum atomic E-state index is 11.7. The smallest absolute Gasteiger partial charge is 0.357 e. The minimum atomic E-state index is -1.89. The molecule has 1 aliphatic rings. The van der Waals surface area contributed by atoms with Gasteiger partial charge in [0.1, 0.15) is 5.54 Å². The van der Waals surface area contributed by atoms with Gasteiger partial charge < -0.3 is 20.5 Å². The zero-order valence-electron chi connectivity index (χ0n) is 13.6. The highest BCUT2D eigenvalue weighted by molar-refractivity contribution is 7.96. The van der Waals surface area contributed by atoms with Crippen molar-refractivity contribution in [1.29, 1.82) is 0 Å². The van der Waals surface area contributed by atoms with Crippen molar-refractivity contribution in [3.8, 4) is 0 Å². The van der Waals surface area contributed by atoms with Gasteiger partial charge in [0.2, 0.25) is 17.1 Å². The minimum Gasteiger partial charge on any atom is -0.616 e. The molecule has 0 radical (unpaired) electrons. The van der Waals surface area contributed by atoms with Crippen LogP contribution in [0, 0.1) is 0 Å². The summed E-state index contributed by atoms with van der Waals surface area (Å²) in [4.78, 5) is 45.3. The summed E-state index contributed by atoms with van der Waals surface area (Å²) in [5, 5.41) is 16.9. The van der Waals surface area contributed by atoms with Crippen molar-refractivity contribution in [3.05, 3.63) is 0 Å². The van der Waals surface area contributed by atoms with Crippen molar-refractivity contribution in [2.45, 2.75) is 42.9 Å². The number of carboxylic acids is 2. The highest BCUT2D eigenvalue weighted by Crippen LogP contribution is 2.23. The Morgan fingerprint density at radius 1 is 1.48 bits per heavy atom. The predicted octanol–water partition coefficient (Wildman–Crippen LogP) is -0.928. The van der Waals surface area contributed by atoms with Gasteiger partial charge in [-0.15, -0.1) is 0 Å². The number of amides is 2. The number of hydrogen-bond donors (Lipinski definition) is 4. The van der Waals surface area contributed by atoms with E-state index >= 15 is 0 Å². The van der Waals surface area contributed by atoms with Crippen LogP contribution in [0.1, 0.15) is 32.1 Å². The van der Waals surface area contributed by atoms with Crippen molar-refractivity contribution in [2.75, 3.05) is 12.8 Å². The van der Waals surface area contributed by atoms with E-state index in [1.165, 1.54) is 10.6 Å². The molecule has 1 rings (SSSR count). The Morgan fingerprint density at radius 3 is 2.52 bits per heavy atom. The summed E-state index contributed by atoms with van der Waals surface area (Å²) in [5.41, 5.74) is 3.89. The van der Waals surface area contributed by atoms with Crippen LogP contribution < -0.4 is 10.5 Å². The Hall–Kier alpha value is -1.50. The molecule has 142 valence electrons. The molecule has 1 heterocycles. The molecule has 25 heavy (non-hydrogen) atoms. The van der Waals surface area contributed by atoms with E-state index in [1.807, 2.05) is 0 Å². The molecule has 3 atom stereocenters. The Labute approximate surface area is 151 Å². The third-order valence-electron chi connectivity index (χ3n) is 3.76. The van der Waals surface area contributed by atoms with Crippen molar-refractivity contribution in [3.63, 3.8) is 0 Å². The average Bonchev–Trinajstić information content (AvgIpc) is 2.50. The van der Waals surface area contributed by atoms with Gasteiger partial charge in [-0.1, -0.05) is 0 Å². The summed E-state index contributed by atoms with van der Waals surface area (Å²) < 4.78 is 15.3. The van der Waals surface area contributed by atoms with Crippen LogP contribution in [0.5, 0.6) is 0 Å². The molecule has 1 aliphatic heterocycles. The largest absolute Gasteiger partial charge is 0.616 e. The Bertz CT molecular complexity index is 546. The molecule has 0 spiro atoms. The number of hydrogen-bond acceptors (Lipinski definition) is 7. The molecule has 12 heteroatoms. The van der Waals surface area contributed by atoms with Gasteiger partial charge in [-0.2, -0.15) is 0 Å². The van der Waals surface area contributed by atoms with Gasteiger partial charge >= 0.3 is 11.9 Å². The summed E-state index contributed by atoms with van der Waals surface area (Å²) in [5.74, 6) is -3.27. The Kier molecular flexibility index (Phi) is 7.99. The lowest BCUT2D eigenvalue weighted by Gasteiger charge is -2.28. The monoisotopic (exact) mass is 395 g/mol. The number of nitrogens with zero attached hydrogens (tertiary/aromatic N) is 1. The van der Waals surface area contributed by atoms with Gasteiger partial charge in [-0.05, 0) is 24.0 Å². The molecule has 0 saturated carbocycles. The van der Waals surface area contributed by atoms with Crippen molar-refractivity contribution < 1.29 is 33.9 Å². The lowest BCUT2D eigenvalue weighted by Crippen LogP contribution is -2.52. The lowest BCUT2D eigenvalue weighted by molar-refractivity contribution is -0.145. The zero-order chi connectivity index (χ0) is 19.2. The molecule has 0 aromatic rings. The topological polar surface area (TPSA) is 173 Å². The van der Waals surface area contributed by atoms with Crippen LogP contribution >= 0.6 is 12.1 Å². The van der Waals surface area contributed by atoms with Crippen molar-refractivity contribution >= 4 is 47.1 Å². The summed E-state index contributed by atoms with van der Waals surface area (Å²) in [6.07, 6.45) is 1.03. The molecule has 0 bridgehead atoms. The van der Waals surface area contributed by atoms with E-state index in [-0.39, 0.29) is 25.2 Å². The van der Waals surface area contributed by atoms with Gasteiger partial charge in [0.25, 0.3) is 0 Å². The number of carbonyl (C=O) groups excluding carboxylic acids is 2. The molecule has 5 N–H and O–H groups in total. The second-order valence-corrected chi connectivity index (χ2v) is 8.10. The fraction of sp³-hybridized carbons (Fsp3) is 0.692. The molecular formula is C13H21N3O7S2. The lowest BCUT2D eigenvalue weighted by atomic mass is 9.88. The first kappa shape index (κ1) is 21.5. The number of nitrogens with one attached hydrogen (secondary N) is 1. The van der Waals surface area contributed by atoms with Gasteiger partial charge in [0, 0.05) is 25.8 Å². The first-order valence-corrected chi connectivity index (χ1v) is 9.80. The van der Waals surface area contributed by atoms with Crippen LogP contribution in [-0.4, -0.2) is 66.4 Å². The molecule has 10 nitrogen and oxygen atoms in total. The summed E-state index contributed by atoms with van der Waals surface area (Å²) >= 11 is -0.899. The third kappa shape index (κ3) is 6.38. The maximum Gasteiger partial charge on any atom is 0.357 e. The number of carboxylic acid groups (broad SMARTS) is 2. The highest BCUT2D eigenvalue weighted by atomic mass is 32.2. The van der Waals surface area contributed by atoms with E-state index in [2.05, 4.69) is 4.72 Å². The number of rotatable bonds is 11. The fourth-order valence-corrected chi connectivity index (χ4v) is 3.59. The molecule has 1 fully saturated rings. The minimum absolute atomic E-state index is 0.0335. The Morgan fingerprint density at radius 2 is 2.12 bits per heavy atom. The van der Waals surface area contributed by atoms with E-state index in [1.54, 1.807) is 0 Å². The van der Waals surface area contributed by atoms with E-state index in [9.17, 15) is 28.8 Å². The average molecular weight is 395 g/mol. The van der Waals surface area contributed by atoms with Gasteiger partial charge in [-0.25, -0.2) is 4.79 Å². The molecule has 0 aromatic heterocycles. The van der Waals surface area contributed by atoms with Crippen LogP contribution in [-0.2, 0) is 30.4 Å². The number of β-lactam (4-membered cyclic amide) rings is 1. The second-order valence-electron chi connectivity index (χ2n) is 5.71. The molecule has 2 unspecified atom stereocenters. The van der Waals surface area contributed by atoms with Crippen molar-refractivity contribution in [1.82, 2.24) is 9.03 Å². The van der Waals surface area contributed by atoms with E-state index < -0.39 is 46.2 Å². The van der Waals surface area contributed by atoms with E-state index in [4.69, 9.17) is 10.8 Å². The van der Waals surface area contributed by atoms with Crippen LogP contribution in [0.2, 0.25) is 0 Å². The van der Waals surface area contributed by atoms with Crippen LogP contribution in [0.25, 0.3) is 0 Å². The quantitative estimate of drug-likeness (QED) is 0.196. The van der Waals surface area contributed by atoms with E-state index in [0.717, 1.165) is 12.1 Å². The molecular weight excluding hydrogens is 374 g/mol. The normalized spacial score (nSPS) is 18.7. The fourth-order valence-electron chi connectivity index (χ4n) is 2.09. The van der Waals surface area contributed by atoms with Gasteiger partial charge in [0.15, 0.2) is 0 Å². The molecule has 0 aromatic carbocycles. The predicted molar refractivity (Wildman–Crippen MR) is 90.6 cm³/mol. The Balaban J connectivity index is 2.48. The molecule has 2 amide bonds. The van der Waals surface area contributed by atoms with Crippen molar-refractivity contribution in [2.24, 2.45) is 5.73 Å². The van der Waals surface area contributed by atoms with Gasteiger partial charge in [0.05, 0.1) is 18.4 Å². The number of nitrogens with two attached hydrogens (primary N) is 1. The summed E-state index contributed by atoms with van der Waals surface area (Å²) in [6.45, 7) is 0.555.